The first-order chi connectivity index (χ1) is 8.16. The fourth-order valence-corrected chi connectivity index (χ4v) is 1.66. The standard InChI is InChI=1S/C14H16FNO/c1-10-5-6-12(8-13(10)15)9-16-11(2)14-4-3-7-17-14/h3-8,11,16H,9H2,1-2H3/t11-/m0/s1. The smallest absolute Gasteiger partial charge is 0.126 e. The first kappa shape index (κ1) is 11.9. The van der Waals surface area contributed by atoms with Crippen LogP contribution >= 0.6 is 0 Å². The maximum absolute atomic E-state index is 13.3. The molecule has 2 aromatic rings. The van der Waals surface area contributed by atoms with Crippen molar-refractivity contribution in [1.29, 1.82) is 0 Å². The Bertz CT molecular complexity index is 479. The molecule has 2 rings (SSSR count). The number of hydrogen-bond acceptors (Lipinski definition) is 2. The Morgan fingerprint density at radius 3 is 2.82 bits per heavy atom. The number of rotatable bonds is 4. The second kappa shape index (κ2) is 5.15. The second-order valence-electron chi connectivity index (χ2n) is 4.20. The normalized spacial score (nSPS) is 12.6. The van der Waals surface area contributed by atoms with Gasteiger partial charge in [0.2, 0.25) is 0 Å². The van der Waals surface area contributed by atoms with Gasteiger partial charge in [-0.3, -0.25) is 0 Å². The Morgan fingerprint density at radius 1 is 1.35 bits per heavy atom. The van der Waals surface area contributed by atoms with Gasteiger partial charge in [0.1, 0.15) is 11.6 Å². The highest BCUT2D eigenvalue weighted by molar-refractivity contribution is 5.23. The lowest BCUT2D eigenvalue weighted by Gasteiger charge is -2.11. The first-order valence-corrected chi connectivity index (χ1v) is 5.68. The molecule has 0 saturated carbocycles. The van der Waals surface area contributed by atoms with Crippen molar-refractivity contribution in [2.45, 2.75) is 26.4 Å². The van der Waals surface area contributed by atoms with Gasteiger partial charge in [-0.15, -0.1) is 0 Å². The van der Waals surface area contributed by atoms with E-state index in [1.165, 1.54) is 0 Å². The van der Waals surface area contributed by atoms with Crippen LogP contribution in [0.1, 0.15) is 29.9 Å². The third kappa shape index (κ3) is 2.94. The van der Waals surface area contributed by atoms with Crippen LogP contribution in [0, 0.1) is 12.7 Å². The van der Waals surface area contributed by atoms with E-state index in [2.05, 4.69) is 5.32 Å². The summed E-state index contributed by atoms with van der Waals surface area (Å²) in [5, 5.41) is 3.29. The molecule has 0 bridgehead atoms. The van der Waals surface area contributed by atoms with E-state index < -0.39 is 0 Å². The molecular formula is C14H16FNO. The number of aryl methyl sites for hydroxylation is 1. The van der Waals surface area contributed by atoms with E-state index in [1.54, 1.807) is 25.3 Å². The number of halogens is 1. The Kier molecular flexibility index (Phi) is 3.59. The van der Waals surface area contributed by atoms with Crippen molar-refractivity contribution < 1.29 is 8.81 Å². The summed E-state index contributed by atoms with van der Waals surface area (Å²) in [7, 11) is 0. The molecular weight excluding hydrogens is 217 g/mol. The van der Waals surface area contributed by atoms with E-state index in [1.807, 2.05) is 25.1 Å². The molecule has 0 amide bonds. The van der Waals surface area contributed by atoms with Gasteiger partial charge in [-0.25, -0.2) is 4.39 Å². The van der Waals surface area contributed by atoms with Crippen molar-refractivity contribution in [2.75, 3.05) is 0 Å². The summed E-state index contributed by atoms with van der Waals surface area (Å²) < 4.78 is 18.6. The Labute approximate surface area is 100 Å². The van der Waals surface area contributed by atoms with Gasteiger partial charge in [0.15, 0.2) is 0 Å². The zero-order chi connectivity index (χ0) is 12.3. The van der Waals surface area contributed by atoms with Crippen LogP contribution in [-0.2, 0) is 6.54 Å². The van der Waals surface area contributed by atoms with Crippen molar-refractivity contribution in [2.24, 2.45) is 0 Å². The summed E-state index contributed by atoms with van der Waals surface area (Å²) in [6, 6.07) is 9.20. The van der Waals surface area contributed by atoms with Gasteiger partial charge in [0.25, 0.3) is 0 Å². The topological polar surface area (TPSA) is 25.2 Å². The molecule has 1 heterocycles. The average molecular weight is 233 g/mol. The molecule has 0 spiro atoms. The molecule has 0 radical (unpaired) electrons. The third-order valence-corrected chi connectivity index (χ3v) is 2.82. The summed E-state index contributed by atoms with van der Waals surface area (Å²) in [6.45, 7) is 4.40. The molecule has 0 saturated heterocycles. The quantitative estimate of drug-likeness (QED) is 0.873. The predicted octanol–water partition coefficient (Wildman–Crippen LogP) is 3.58. The maximum atomic E-state index is 13.3. The Morgan fingerprint density at radius 2 is 2.18 bits per heavy atom. The van der Waals surface area contributed by atoms with E-state index in [0.717, 1.165) is 11.3 Å². The van der Waals surface area contributed by atoms with Crippen LogP contribution in [-0.4, -0.2) is 0 Å². The largest absolute Gasteiger partial charge is 0.468 e. The van der Waals surface area contributed by atoms with E-state index >= 15 is 0 Å². The molecule has 1 N–H and O–H groups in total. The number of benzene rings is 1. The molecule has 3 heteroatoms. The van der Waals surface area contributed by atoms with Crippen molar-refractivity contribution in [1.82, 2.24) is 5.32 Å². The number of furan rings is 1. The van der Waals surface area contributed by atoms with E-state index in [-0.39, 0.29) is 11.9 Å². The van der Waals surface area contributed by atoms with Crippen LogP contribution in [0.4, 0.5) is 4.39 Å². The fraction of sp³-hybridized carbons (Fsp3) is 0.286. The molecule has 1 aromatic carbocycles. The van der Waals surface area contributed by atoms with Gasteiger partial charge < -0.3 is 9.73 Å². The molecule has 0 unspecified atom stereocenters. The highest BCUT2D eigenvalue weighted by atomic mass is 19.1. The SMILES string of the molecule is Cc1ccc(CN[C@@H](C)c2ccco2)cc1F. The predicted molar refractivity (Wildman–Crippen MR) is 65.1 cm³/mol. The summed E-state index contributed by atoms with van der Waals surface area (Å²) in [5.74, 6) is 0.729. The second-order valence-corrected chi connectivity index (χ2v) is 4.20. The van der Waals surface area contributed by atoms with Gasteiger partial charge in [-0.05, 0) is 43.2 Å². The van der Waals surface area contributed by atoms with Crippen molar-refractivity contribution in [3.8, 4) is 0 Å². The minimum absolute atomic E-state index is 0.120. The van der Waals surface area contributed by atoms with Gasteiger partial charge >= 0.3 is 0 Å². The fourth-order valence-electron chi connectivity index (χ4n) is 1.66. The van der Waals surface area contributed by atoms with Crippen LogP contribution in [0.3, 0.4) is 0 Å². The van der Waals surface area contributed by atoms with E-state index in [4.69, 9.17) is 4.42 Å². The lowest BCUT2D eigenvalue weighted by atomic mass is 10.1. The molecule has 1 aromatic heterocycles. The van der Waals surface area contributed by atoms with Gasteiger partial charge in [-0.2, -0.15) is 0 Å². The lowest BCUT2D eigenvalue weighted by molar-refractivity contribution is 0.430. The minimum Gasteiger partial charge on any atom is -0.468 e. The van der Waals surface area contributed by atoms with Gasteiger partial charge in [0, 0.05) is 6.54 Å². The highest BCUT2D eigenvalue weighted by Gasteiger charge is 2.07. The van der Waals surface area contributed by atoms with Crippen LogP contribution in [0.25, 0.3) is 0 Å². The molecule has 17 heavy (non-hydrogen) atoms. The zero-order valence-corrected chi connectivity index (χ0v) is 10.0. The van der Waals surface area contributed by atoms with Gasteiger partial charge in [-0.1, -0.05) is 12.1 Å². The molecule has 1 atom stereocenters. The van der Waals surface area contributed by atoms with Crippen molar-refractivity contribution in [3.05, 3.63) is 59.3 Å². The molecule has 90 valence electrons. The number of nitrogens with one attached hydrogen (secondary N) is 1. The van der Waals surface area contributed by atoms with Crippen LogP contribution in [0.5, 0.6) is 0 Å². The third-order valence-electron chi connectivity index (χ3n) is 2.82. The molecule has 0 aliphatic heterocycles. The average Bonchev–Trinajstić information content (AvgIpc) is 2.84. The maximum Gasteiger partial charge on any atom is 0.126 e. The Balaban J connectivity index is 1.96. The summed E-state index contributed by atoms with van der Waals surface area (Å²) >= 11 is 0. The zero-order valence-electron chi connectivity index (χ0n) is 10.0. The minimum atomic E-state index is -0.157. The molecule has 0 aliphatic rings. The van der Waals surface area contributed by atoms with Crippen LogP contribution in [0.15, 0.2) is 41.0 Å². The molecule has 2 nitrogen and oxygen atoms in total. The Hall–Kier alpha value is -1.61. The summed E-state index contributed by atoms with van der Waals surface area (Å²) in [6.07, 6.45) is 1.65. The van der Waals surface area contributed by atoms with Gasteiger partial charge in [0.05, 0.1) is 12.3 Å². The first-order valence-electron chi connectivity index (χ1n) is 5.68. The monoisotopic (exact) mass is 233 g/mol. The summed E-state index contributed by atoms with van der Waals surface area (Å²) in [4.78, 5) is 0. The van der Waals surface area contributed by atoms with Crippen LogP contribution < -0.4 is 5.32 Å². The van der Waals surface area contributed by atoms with Crippen LogP contribution in [0.2, 0.25) is 0 Å². The lowest BCUT2D eigenvalue weighted by Crippen LogP contribution is -2.17. The highest BCUT2D eigenvalue weighted by Crippen LogP contribution is 2.14. The number of hydrogen-bond donors (Lipinski definition) is 1. The van der Waals surface area contributed by atoms with E-state index in [9.17, 15) is 4.39 Å². The summed E-state index contributed by atoms with van der Waals surface area (Å²) in [5.41, 5.74) is 1.61. The van der Waals surface area contributed by atoms with Crippen molar-refractivity contribution >= 4 is 0 Å². The molecule has 0 aliphatic carbocycles. The van der Waals surface area contributed by atoms with Crippen molar-refractivity contribution in [3.63, 3.8) is 0 Å². The van der Waals surface area contributed by atoms with E-state index in [0.29, 0.717) is 12.1 Å². The molecule has 0 fully saturated rings.